The van der Waals surface area contributed by atoms with Gasteiger partial charge >= 0.3 is 8.80 Å². The van der Waals surface area contributed by atoms with Crippen molar-refractivity contribution in [3.8, 4) is 5.75 Å². The number of hydrogen-bond donors (Lipinski definition) is 2. The molecule has 0 atom stereocenters. The summed E-state index contributed by atoms with van der Waals surface area (Å²) in [6.07, 6.45) is 5.39. The van der Waals surface area contributed by atoms with Crippen molar-refractivity contribution in [1.29, 1.82) is 0 Å². The van der Waals surface area contributed by atoms with Crippen LogP contribution in [0.2, 0.25) is 6.55 Å². The fourth-order valence-electron chi connectivity index (χ4n) is 4.74. The first-order valence-electron chi connectivity index (χ1n) is 12.0. The van der Waals surface area contributed by atoms with E-state index in [1.54, 1.807) is 12.1 Å². The number of benzene rings is 3. The maximum atomic E-state index is 9.87. The van der Waals surface area contributed by atoms with Crippen LogP contribution in [-0.2, 0) is 0 Å². The average Bonchev–Trinajstić information content (AvgIpc) is 3.36. The molecule has 1 aliphatic heterocycles. The summed E-state index contributed by atoms with van der Waals surface area (Å²) < 4.78 is 0. The van der Waals surface area contributed by atoms with Gasteiger partial charge in [-0.15, -0.1) is 0 Å². The molecular weight excluding hydrogens is 422 g/mol. The Morgan fingerprint density at radius 1 is 0.818 bits per heavy atom. The first-order chi connectivity index (χ1) is 16.2. The van der Waals surface area contributed by atoms with Crippen molar-refractivity contribution in [3.63, 3.8) is 0 Å². The van der Waals surface area contributed by atoms with E-state index in [9.17, 15) is 10.2 Å². The number of nitrogens with zero attached hydrogens (tertiary/aromatic N) is 1. The van der Waals surface area contributed by atoms with Crippen LogP contribution in [0.4, 0.5) is 0 Å². The van der Waals surface area contributed by atoms with Gasteiger partial charge < -0.3 is 10.2 Å². The second-order valence-electron chi connectivity index (χ2n) is 8.93. The number of aliphatic hydroxyl groups excluding tert-OH is 1. The van der Waals surface area contributed by atoms with Crippen LogP contribution in [0.25, 0.3) is 11.1 Å². The second-order valence-corrected chi connectivity index (χ2v) is 11.4. The molecular formula is C29H34NO2Si+. The van der Waals surface area contributed by atoms with Gasteiger partial charge in [0.2, 0.25) is 0 Å². The molecule has 3 nitrogen and oxygen atoms in total. The fourth-order valence-corrected chi connectivity index (χ4v) is 6.65. The molecule has 33 heavy (non-hydrogen) atoms. The minimum atomic E-state index is -0.603. The third kappa shape index (κ3) is 6.02. The number of phenols is 1. The molecule has 3 aromatic rings. The summed E-state index contributed by atoms with van der Waals surface area (Å²) in [5.41, 5.74) is 5.83. The molecule has 1 fully saturated rings. The third-order valence-electron chi connectivity index (χ3n) is 6.49. The molecule has 0 spiro atoms. The van der Waals surface area contributed by atoms with Gasteiger partial charge in [-0.25, -0.2) is 0 Å². The highest BCUT2D eigenvalue weighted by Crippen LogP contribution is 2.35. The molecule has 0 aromatic heterocycles. The lowest BCUT2D eigenvalue weighted by Gasteiger charge is -2.18. The number of phenolic OH excluding ortho intramolecular Hbond substituents is 1. The number of rotatable bonds is 9. The van der Waals surface area contributed by atoms with Gasteiger partial charge in [0.25, 0.3) is 0 Å². The summed E-state index contributed by atoms with van der Waals surface area (Å²) in [6.45, 7) is 5.08. The molecule has 4 heteroatoms. The maximum Gasteiger partial charge on any atom is 0.364 e. The van der Waals surface area contributed by atoms with E-state index < -0.39 is 8.80 Å². The smallest absolute Gasteiger partial charge is 0.364 e. The summed E-state index contributed by atoms with van der Waals surface area (Å²) >= 11 is 0. The van der Waals surface area contributed by atoms with E-state index in [0.717, 1.165) is 12.0 Å². The van der Waals surface area contributed by atoms with Gasteiger partial charge in [0.05, 0.1) is 11.7 Å². The summed E-state index contributed by atoms with van der Waals surface area (Å²) in [5, 5.41) is 20.9. The van der Waals surface area contributed by atoms with Gasteiger partial charge in [0.1, 0.15) is 11.9 Å². The summed E-state index contributed by atoms with van der Waals surface area (Å²) in [5.74, 6) is 0.269. The normalized spacial score (nSPS) is 14.8. The van der Waals surface area contributed by atoms with Gasteiger partial charge in [-0.05, 0) is 77.8 Å². The van der Waals surface area contributed by atoms with Gasteiger partial charge in [0.15, 0.2) is 0 Å². The zero-order valence-electron chi connectivity index (χ0n) is 19.5. The number of aliphatic hydroxyl groups is 1. The van der Waals surface area contributed by atoms with Crippen molar-refractivity contribution in [2.75, 3.05) is 25.9 Å². The van der Waals surface area contributed by atoms with Crippen molar-refractivity contribution in [2.45, 2.75) is 32.2 Å². The van der Waals surface area contributed by atoms with Crippen LogP contribution in [0.1, 0.15) is 42.4 Å². The molecule has 1 heterocycles. The monoisotopic (exact) mass is 456 g/mol. The quantitative estimate of drug-likeness (QED) is 0.348. The van der Waals surface area contributed by atoms with Gasteiger partial charge in [0, 0.05) is 19.7 Å². The molecule has 0 saturated carbocycles. The van der Waals surface area contributed by atoms with E-state index >= 15 is 0 Å². The van der Waals surface area contributed by atoms with E-state index in [1.807, 2.05) is 18.2 Å². The van der Waals surface area contributed by atoms with E-state index in [4.69, 9.17) is 0 Å². The molecule has 0 unspecified atom stereocenters. The van der Waals surface area contributed by atoms with Crippen LogP contribution in [0.3, 0.4) is 0 Å². The molecule has 1 saturated heterocycles. The van der Waals surface area contributed by atoms with Crippen LogP contribution < -0.4 is 5.19 Å². The Hall–Kier alpha value is -2.66. The number of likely N-dealkylation sites (tertiary alicyclic amines) is 1. The Kier molecular flexibility index (Phi) is 8.16. The Balaban J connectivity index is 1.74. The van der Waals surface area contributed by atoms with Crippen molar-refractivity contribution in [3.05, 3.63) is 95.6 Å². The Morgan fingerprint density at radius 2 is 1.42 bits per heavy atom. The lowest BCUT2D eigenvalue weighted by molar-refractivity contribution is 0.290. The van der Waals surface area contributed by atoms with Crippen LogP contribution in [-0.4, -0.2) is 49.8 Å². The topological polar surface area (TPSA) is 43.7 Å². The Bertz CT molecular complexity index is 1040. The molecule has 4 rings (SSSR count). The van der Waals surface area contributed by atoms with Crippen LogP contribution in [0.5, 0.6) is 5.75 Å². The maximum absolute atomic E-state index is 9.87. The predicted molar refractivity (Wildman–Crippen MR) is 140 cm³/mol. The molecule has 3 aromatic carbocycles. The van der Waals surface area contributed by atoms with Gasteiger partial charge in [-0.3, -0.25) is 4.90 Å². The molecule has 0 bridgehead atoms. The summed E-state index contributed by atoms with van der Waals surface area (Å²) in [4.78, 5) is 2.62. The molecule has 170 valence electrons. The first-order valence-corrected chi connectivity index (χ1v) is 14.2. The van der Waals surface area contributed by atoms with E-state index in [-0.39, 0.29) is 12.4 Å². The number of hydrogen-bond acceptors (Lipinski definition) is 3. The zero-order chi connectivity index (χ0) is 23.0. The molecule has 0 aliphatic carbocycles. The Labute approximate surface area is 199 Å². The van der Waals surface area contributed by atoms with E-state index in [2.05, 4.69) is 60.0 Å². The van der Waals surface area contributed by atoms with Crippen molar-refractivity contribution < 1.29 is 10.2 Å². The van der Waals surface area contributed by atoms with E-state index in [0.29, 0.717) is 6.42 Å². The summed E-state index contributed by atoms with van der Waals surface area (Å²) in [6, 6.07) is 27.1. The van der Waals surface area contributed by atoms with Crippen molar-refractivity contribution in [1.82, 2.24) is 4.90 Å². The summed E-state index contributed by atoms with van der Waals surface area (Å²) in [7, 11) is -0.603. The van der Waals surface area contributed by atoms with E-state index in [1.165, 1.54) is 59.6 Å². The van der Waals surface area contributed by atoms with Crippen molar-refractivity contribution in [2.24, 2.45) is 0 Å². The minimum absolute atomic E-state index is 0.163. The van der Waals surface area contributed by atoms with Crippen LogP contribution in [0.15, 0.2) is 78.9 Å². The largest absolute Gasteiger partial charge is 0.508 e. The number of aromatic hydroxyl groups is 1. The molecule has 0 amide bonds. The molecule has 2 N–H and O–H groups in total. The molecule has 0 radical (unpaired) electrons. The second kappa shape index (κ2) is 11.5. The van der Waals surface area contributed by atoms with Crippen molar-refractivity contribution >= 4 is 25.1 Å². The van der Waals surface area contributed by atoms with Gasteiger partial charge in [-0.2, -0.15) is 0 Å². The first kappa shape index (κ1) is 23.5. The fraction of sp³-hybridized carbons (Fsp3) is 0.310. The SMILES string of the molecule is C[Si+](CN1CCCC1)c1ccc(/C(=C(/CCCO)c2ccccc2)c2ccc(O)cc2)cc1. The minimum Gasteiger partial charge on any atom is -0.508 e. The zero-order valence-corrected chi connectivity index (χ0v) is 20.5. The van der Waals surface area contributed by atoms with Crippen LogP contribution in [0, 0.1) is 0 Å². The van der Waals surface area contributed by atoms with Crippen LogP contribution >= 0.6 is 0 Å². The lowest BCUT2D eigenvalue weighted by Crippen LogP contribution is -2.39. The standard InChI is InChI=1S/C29H33NO2Si/c1-33(22-30-19-5-6-20-30)27-17-13-25(14-18-27)29(24-11-15-26(32)16-12-24)28(10-7-21-31)23-8-3-2-4-9-23/h2-4,8-9,11-18,31H,5-7,10,19-22H2,1H3/p+1/b29-28-. The lowest BCUT2D eigenvalue weighted by atomic mass is 9.87. The molecule has 1 aliphatic rings. The highest BCUT2D eigenvalue weighted by Gasteiger charge is 2.28. The highest BCUT2D eigenvalue weighted by molar-refractivity contribution is 6.72. The van der Waals surface area contributed by atoms with Gasteiger partial charge in [-0.1, -0.05) is 54.6 Å². The highest BCUT2D eigenvalue weighted by atomic mass is 28.3. The predicted octanol–water partition coefficient (Wildman–Crippen LogP) is 5.09. The number of allylic oxidation sites excluding steroid dienone is 1. The Morgan fingerprint density at radius 3 is 2.03 bits per heavy atom. The average molecular weight is 457 g/mol. The third-order valence-corrected chi connectivity index (χ3v) is 8.73.